The normalized spacial score (nSPS) is 14.5. The van der Waals surface area contributed by atoms with Crippen molar-refractivity contribution < 1.29 is 0 Å². The second-order valence-electron chi connectivity index (χ2n) is 7.62. The molecular weight excluding hydrogens is 360 g/mol. The van der Waals surface area contributed by atoms with Crippen molar-refractivity contribution in [3.8, 4) is 22.5 Å². The summed E-state index contributed by atoms with van der Waals surface area (Å²) in [5.41, 5.74) is 7.44. The molecule has 5 rings (SSSR count). The molecule has 4 aromatic rings. The first-order chi connectivity index (χ1) is 14.2. The molecule has 0 radical (unpaired) electrons. The van der Waals surface area contributed by atoms with Gasteiger partial charge < -0.3 is 10.2 Å². The van der Waals surface area contributed by atoms with Crippen LogP contribution in [0.5, 0.6) is 0 Å². The van der Waals surface area contributed by atoms with Crippen LogP contribution in [0.1, 0.15) is 11.1 Å². The molecule has 1 saturated heterocycles. The van der Waals surface area contributed by atoms with E-state index in [1.165, 1.54) is 11.1 Å². The van der Waals surface area contributed by atoms with Crippen LogP contribution in [0, 0.1) is 13.8 Å². The lowest BCUT2D eigenvalue weighted by atomic mass is 10.0. The Hall–Kier alpha value is -3.25. The summed E-state index contributed by atoms with van der Waals surface area (Å²) < 4.78 is 1.99. The van der Waals surface area contributed by atoms with Gasteiger partial charge in [0.15, 0.2) is 5.65 Å². The molecular formula is C23H24N6. The molecule has 146 valence electrons. The number of aryl methyl sites for hydroxylation is 2. The van der Waals surface area contributed by atoms with Crippen LogP contribution in [0.15, 0.2) is 54.9 Å². The van der Waals surface area contributed by atoms with Crippen LogP contribution < -0.4 is 10.2 Å². The largest absolute Gasteiger partial charge is 0.353 e. The molecule has 29 heavy (non-hydrogen) atoms. The topological polar surface area (TPSA) is 58.4 Å². The number of nitrogens with one attached hydrogen (secondary N) is 1. The maximum Gasteiger partial charge on any atom is 0.155 e. The van der Waals surface area contributed by atoms with E-state index in [1.54, 1.807) is 0 Å². The van der Waals surface area contributed by atoms with Gasteiger partial charge in [0.2, 0.25) is 0 Å². The molecule has 0 bridgehead atoms. The van der Waals surface area contributed by atoms with Crippen LogP contribution in [0.25, 0.3) is 28.2 Å². The SMILES string of the molecule is Cc1cc(C)cc(-c2nc3ccc(N4CCNCC4)nn3c2-c2ccncc2)c1. The average Bonchev–Trinajstić information content (AvgIpc) is 3.13. The van der Waals surface area contributed by atoms with Crippen LogP contribution in [-0.2, 0) is 0 Å². The van der Waals surface area contributed by atoms with Gasteiger partial charge in [-0.15, -0.1) is 5.10 Å². The Kier molecular flexibility index (Phi) is 4.48. The average molecular weight is 384 g/mol. The molecule has 1 aliphatic heterocycles. The zero-order valence-corrected chi connectivity index (χ0v) is 16.8. The van der Waals surface area contributed by atoms with Crippen molar-refractivity contribution in [3.05, 3.63) is 66.0 Å². The van der Waals surface area contributed by atoms with Gasteiger partial charge in [0.1, 0.15) is 11.5 Å². The number of hydrogen-bond donors (Lipinski definition) is 1. The lowest BCUT2D eigenvalue weighted by molar-refractivity contribution is 0.582. The Morgan fingerprint density at radius 1 is 0.862 bits per heavy atom. The first-order valence-electron chi connectivity index (χ1n) is 10.0. The number of aromatic nitrogens is 4. The standard InChI is InChI=1S/C23H24N6/c1-16-13-17(2)15-19(14-16)22-23(18-5-7-24-8-6-18)29-20(26-22)3-4-21(27-29)28-11-9-25-10-12-28/h3-8,13-15,25H,9-12H2,1-2H3. The first-order valence-corrected chi connectivity index (χ1v) is 10.0. The van der Waals surface area contributed by atoms with Crippen molar-refractivity contribution in [2.45, 2.75) is 13.8 Å². The molecule has 1 N–H and O–H groups in total. The number of anilines is 1. The quantitative estimate of drug-likeness (QED) is 0.586. The Labute approximate surface area is 170 Å². The van der Waals surface area contributed by atoms with E-state index in [9.17, 15) is 0 Å². The van der Waals surface area contributed by atoms with Gasteiger partial charge >= 0.3 is 0 Å². The Bertz CT molecular complexity index is 1140. The summed E-state index contributed by atoms with van der Waals surface area (Å²) in [7, 11) is 0. The van der Waals surface area contributed by atoms with E-state index in [1.807, 2.05) is 29.0 Å². The van der Waals surface area contributed by atoms with Crippen LogP contribution in [0.3, 0.4) is 0 Å². The fraction of sp³-hybridized carbons (Fsp3) is 0.261. The molecule has 0 aliphatic carbocycles. The smallest absolute Gasteiger partial charge is 0.155 e. The van der Waals surface area contributed by atoms with Crippen molar-refractivity contribution in [1.82, 2.24) is 24.9 Å². The molecule has 0 unspecified atom stereocenters. The highest BCUT2D eigenvalue weighted by Crippen LogP contribution is 2.33. The molecule has 3 aromatic heterocycles. The number of pyridine rings is 1. The number of rotatable bonds is 3. The number of nitrogens with zero attached hydrogens (tertiary/aromatic N) is 5. The predicted octanol–water partition coefficient (Wildman–Crippen LogP) is 3.48. The molecule has 0 atom stereocenters. The van der Waals surface area contributed by atoms with Crippen LogP contribution in [0.4, 0.5) is 5.82 Å². The maximum atomic E-state index is 5.00. The number of hydrogen-bond acceptors (Lipinski definition) is 5. The van der Waals surface area contributed by atoms with E-state index < -0.39 is 0 Å². The van der Waals surface area contributed by atoms with Crippen molar-refractivity contribution in [3.63, 3.8) is 0 Å². The Morgan fingerprint density at radius 3 is 2.31 bits per heavy atom. The fourth-order valence-corrected chi connectivity index (χ4v) is 4.07. The zero-order chi connectivity index (χ0) is 19.8. The van der Waals surface area contributed by atoms with Crippen molar-refractivity contribution in [2.75, 3.05) is 31.1 Å². The summed E-state index contributed by atoms with van der Waals surface area (Å²) >= 11 is 0. The lowest BCUT2D eigenvalue weighted by Gasteiger charge is -2.28. The number of fused-ring (bicyclic) bond motifs is 1. The third-order valence-corrected chi connectivity index (χ3v) is 5.35. The summed E-state index contributed by atoms with van der Waals surface area (Å²) in [5, 5.41) is 8.40. The number of benzene rings is 1. The van der Waals surface area contributed by atoms with Crippen LogP contribution in [-0.4, -0.2) is 45.8 Å². The minimum atomic E-state index is 0.852. The summed E-state index contributed by atoms with van der Waals surface area (Å²) in [6.45, 7) is 8.13. The highest BCUT2D eigenvalue weighted by Gasteiger charge is 2.19. The van der Waals surface area contributed by atoms with E-state index in [0.717, 1.165) is 60.2 Å². The monoisotopic (exact) mass is 384 g/mol. The molecule has 1 aromatic carbocycles. The van der Waals surface area contributed by atoms with E-state index in [-0.39, 0.29) is 0 Å². The second-order valence-corrected chi connectivity index (χ2v) is 7.62. The maximum absolute atomic E-state index is 5.00. The van der Waals surface area contributed by atoms with Gasteiger partial charge in [-0.1, -0.05) is 17.2 Å². The van der Waals surface area contributed by atoms with E-state index in [4.69, 9.17) is 10.1 Å². The molecule has 0 spiro atoms. The minimum Gasteiger partial charge on any atom is -0.353 e. The molecule has 6 heteroatoms. The summed E-state index contributed by atoms with van der Waals surface area (Å²) in [5.74, 6) is 0.985. The highest BCUT2D eigenvalue weighted by molar-refractivity contribution is 5.82. The van der Waals surface area contributed by atoms with Gasteiger partial charge in [0, 0.05) is 49.7 Å². The third kappa shape index (κ3) is 3.36. The molecule has 1 aliphatic rings. The molecule has 1 fully saturated rings. The zero-order valence-electron chi connectivity index (χ0n) is 16.8. The first kappa shape index (κ1) is 17.8. The van der Waals surface area contributed by atoms with Gasteiger partial charge in [-0.2, -0.15) is 0 Å². The number of piperazine rings is 1. The van der Waals surface area contributed by atoms with E-state index >= 15 is 0 Å². The molecule has 6 nitrogen and oxygen atoms in total. The predicted molar refractivity (Wildman–Crippen MR) is 116 cm³/mol. The Morgan fingerprint density at radius 2 is 1.59 bits per heavy atom. The van der Waals surface area contributed by atoms with Gasteiger partial charge in [0.25, 0.3) is 0 Å². The van der Waals surface area contributed by atoms with Crippen molar-refractivity contribution >= 4 is 11.5 Å². The number of imidazole rings is 1. The molecule has 4 heterocycles. The molecule has 0 saturated carbocycles. The molecule has 0 amide bonds. The van der Waals surface area contributed by atoms with Crippen LogP contribution >= 0.6 is 0 Å². The minimum absolute atomic E-state index is 0.852. The van der Waals surface area contributed by atoms with Crippen molar-refractivity contribution in [2.24, 2.45) is 0 Å². The highest BCUT2D eigenvalue weighted by atomic mass is 15.3. The van der Waals surface area contributed by atoms with Gasteiger partial charge in [0.05, 0.1) is 5.69 Å². The summed E-state index contributed by atoms with van der Waals surface area (Å²) in [4.78, 5) is 11.5. The second kappa shape index (κ2) is 7.29. The van der Waals surface area contributed by atoms with Gasteiger partial charge in [-0.05, 0) is 50.2 Å². The fourth-order valence-electron chi connectivity index (χ4n) is 4.07. The van der Waals surface area contributed by atoms with Crippen LogP contribution in [0.2, 0.25) is 0 Å². The summed E-state index contributed by atoms with van der Waals surface area (Å²) in [6.07, 6.45) is 3.64. The van der Waals surface area contributed by atoms with E-state index in [0.29, 0.717) is 0 Å². The lowest BCUT2D eigenvalue weighted by Crippen LogP contribution is -2.44. The third-order valence-electron chi connectivity index (χ3n) is 5.35. The summed E-state index contributed by atoms with van der Waals surface area (Å²) in [6, 6.07) is 14.8. The van der Waals surface area contributed by atoms with E-state index in [2.05, 4.69) is 59.4 Å². The Balaban J connectivity index is 1.74. The van der Waals surface area contributed by atoms with Crippen molar-refractivity contribution in [1.29, 1.82) is 0 Å². The van der Waals surface area contributed by atoms with Gasteiger partial charge in [-0.3, -0.25) is 4.98 Å². The van der Waals surface area contributed by atoms with Gasteiger partial charge in [-0.25, -0.2) is 9.50 Å².